The van der Waals surface area contributed by atoms with Crippen LogP contribution in [0.25, 0.3) is 27.9 Å². The topological polar surface area (TPSA) is 92.3 Å². The predicted octanol–water partition coefficient (Wildman–Crippen LogP) is 6.16. The Kier molecular flexibility index (Phi) is 6.00. The lowest BCUT2D eigenvalue weighted by Crippen LogP contribution is -2.06. The fraction of sp³-hybridized carbons (Fsp3) is 0.0345. The second kappa shape index (κ2) is 9.57. The minimum Gasteiger partial charge on any atom is -0.439 e. The van der Waals surface area contributed by atoms with Gasteiger partial charge in [0.15, 0.2) is 0 Å². The highest BCUT2D eigenvalue weighted by Crippen LogP contribution is 2.40. The zero-order chi connectivity index (χ0) is 25.1. The number of carbonyl (C=O) groups is 1. The highest BCUT2D eigenvalue weighted by Gasteiger charge is 2.21. The van der Waals surface area contributed by atoms with E-state index in [1.807, 2.05) is 84.1 Å². The normalized spacial score (nSPS) is 10.6. The molecule has 3 heterocycles. The molecule has 174 valence electrons. The van der Waals surface area contributed by atoms with Crippen molar-refractivity contribution >= 4 is 17.1 Å². The maximum atomic E-state index is 11.7. The highest BCUT2D eigenvalue weighted by molar-refractivity contribution is 5.99. The average molecular weight is 472 g/mol. The molecule has 5 aromatic rings. The molecule has 1 amide bonds. The van der Waals surface area contributed by atoms with Crippen molar-refractivity contribution in [2.75, 3.05) is 5.32 Å². The van der Waals surface area contributed by atoms with Gasteiger partial charge in [-0.2, -0.15) is 5.26 Å². The second-order valence-electron chi connectivity index (χ2n) is 8.06. The summed E-state index contributed by atoms with van der Waals surface area (Å²) in [6.45, 7) is 5.39. The predicted molar refractivity (Wildman–Crippen MR) is 139 cm³/mol. The van der Waals surface area contributed by atoms with E-state index in [1.54, 1.807) is 12.5 Å². The third-order valence-corrected chi connectivity index (χ3v) is 5.70. The quantitative estimate of drug-likeness (QED) is 0.299. The van der Waals surface area contributed by atoms with Crippen LogP contribution in [0.3, 0.4) is 0 Å². The Morgan fingerprint density at radius 2 is 1.81 bits per heavy atom. The number of amides is 1. The molecule has 0 aliphatic carbocycles. The molecule has 36 heavy (non-hydrogen) atoms. The summed E-state index contributed by atoms with van der Waals surface area (Å²) in [5, 5.41) is 12.9. The van der Waals surface area contributed by atoms with Crippen LogP contribution >= 0.6 is 0 Å². The maximum absolute atomic E-state index is 11.7. The molecule has 2 aromatic carbocycles. The molecule has 0 saturated carbocycles. The fourth-order valence-corrected chi connectivity index (χ4v) is 4.08. The van der Waals surface area contributed by atoms with Gasteiger partial charge in [-0.05, 0) is 60.5 Å². The van der Waals surface area contributed by atoms with Crippen LogP contribution in [0.5, 0.6) is 11.6 Å². The number of anilines is 1. The summed E-state index contributed by atoms with van der Waals surface area (Å²) in [6, 6.07) is 24.8. The van der Waals surface area contributed by atoms with E-state index in [1.165, 1.54) is 6.08 Å². The van der Waals surface area contributed by atoms with E-state index in [2.05, 4.69) is 27.9 Å². The number of benzene rings is 2. The lowest BCUT2D eigenvalue weighted by Gasteiger charge is -2.10. The summed E-state index contributed by atoms with van der Waals surface area (Å²) >= 11 is 0. The van der Waals surface area contributed by atoms with Gasteiger partial charge in [0, 0.05) is 29.2 Å². The fourth-order valence-electron chi connectivity index (χ4n) is 4.08. The molecular formula is C29H21N5O2. The minimum absolute atomic E-state index is 0.282. The smallest absolute Gasteiger partial charge is 0.247 e. The molecule has 0 atom stereocenters. The zero-order valence-corrected chi connectivity index (χ0v) is 19.5. The van der Waals surface area contributed by atoms with E-state index in [0.717, 1.165) is 33.6 Å². The summed E-state index contributed by atoms with van der Waals surface area (Å²) in [7, 11) is 0. The summed E-state index contributed by atoms with van der Waals surface area (Å²) in [6.07, 6.45) is 4.59. The molecule has 3 aromatic heterocycles. The standard InChI is InChI=1S/C29H21N5O2/c1-3-26(35)33-22-11-7-21(8-12-22)29-28(24(17-30)25-15-16-31-18-34(25)29)20-9-13-23(14-10-20)36-27-6-4-5-19(2)32-27/h3-16,18H,1H2,2H3,(H,33,35). The molecule has 0 saturated heterocycles. The molecule has 5 rings (SSSR count). The largest absolute Gasteiger partial charge is 0.439 e. The van der Waals surface area contributed by atoms with Crippen molar-refractivity contribution in [3.8, 4) is 40.1 Å². The number of nitrogens with one attached hydrogen (secondary N) is 1. The molecule has 0 radical (unpaired) electrons. The van der Waals surface area contributed by atoms with Crippen LogP contribution in [0.4, 0.5) is 5.69 Å². The molecule has 7 nitrogen and oxygen atoms in total. The molecule has 0 unspecified atom stereocenters. The number of hydrogen-bond acceptors (Lipinski definition) is 5. The Balaban J connectivity index is 1.59. The van der Waals surface area contributed by atoms with Crippen molar-refractivity contribution in [2.45, 2.75) is 6.92 Å². The molecule has 1 N–H and O–H groups in total. The first kappa shape index (κ1) is 22.6. The van der Waals surface area contributed by atoms with Crippen LogP contribution in [0.15, 0.2) is 98.0 Å². The Labute approximate surface area is 208 Å². The maximum Gasteiger partial charge on any atom is 0.247 e. The van der Waals surface area contributed by atoms with Gasteiger partial charge in [-0.15, -0.1) is 0 Å². The van der Waals surface area contributed by atoms with Gasteiger partial charge in [0.2, 0.25) is 11.8 Å². The van der Waals surface area contributed by atoms with Gasteiger partial charge < -0.3 is 10.1 Å². The van der Waals surface area contributed by atoms with E-state index < -0.39 is 0 Å². The molecule has 0 spiro atoms. The Morgan fingerprint density at radius 1 is 1.06 bits per heavy atom. The number of carbonyl (C=O) groups excluding carboxylic acids is 1. The number of hydrogen-bond donors (Lipinski definition) is 1. The Morgan fingerprint density at radius 3 is 2.50 bits per heavy atom. The van der Waals surface area contributed by atoms with Crippen LogP contribution in [-0.4, -0.2) is 20.3 Å². The van der Waals surface area contributed by atoms with Gasteiger partial charge in [-0.25, -0.2) is 9.97 Å². The van der Waals surface area contributed by atoms with Crippen molar-refractivity contribution in [1.29, 1.82) is 5.26 Å². The van der Waals surface area contributed by atoms with Gasteiger partial charge >= 0.3 is 0 Å². The minimum atomic E-state index is -0.282. The van der Waals surface area contributed by atoms with Crippen LogP contribution in [0.1, 0.15) is 11.3 Å². The number of pyridine rings is 1. The number of aromatic nitrogens is 3. The van der Waals surface area contributed by atoms with Crippen LogP contribution in [-0.2, 0) is 4.79 Å². The van der Waals surface area contributed by atoms with Crippen LogP contribution < -0.4 is 10.1 Å². The van der Waals surface area contributed by atoms with Gasteiger partial charge in [0.25, 0.3) is 0 Å². The van der Waals surface area contributed by atoms with E-state index in [0.29, 0.717) is 22.9 Å². The summed E-state index contributed by atoms with van der Waals surface area (Å²) < 4.78 is 7.81. The summed E-state index contributed by atoms with van der Waals surface area (Å²) in [5.41, 5.74) is 6.16. The van der Waals surface area contributed by atoms with E-state index in [-0.39, 0.29) is 5.91 Å². The van der Waals surface area contributed by atoms with Crippen molar-refractivity contribution in [1.82, 2.24) is 14.4 Å². The SMILES string of the molecule is C=CC(=O)Nc1ccc(-c2c(-c3ccc(Oc4cccc(C)n4)cc3)c(C#N)c3ccncn23)cc1. The Hall–Kier alpha value is -5.22. The van der Waals surface area contributed by atoms with Crippen LogP contribution in [0.2, 0.25) is 0 Å². The van der Waals surface area contributed by atoms with Gasteiger partial charge in [0.05, 0.1) is 23.1 Å². The molecular weight excluding hydrogens is 450 g/mol. The first-order chi connectivity index (χ1) is 17.6. The van der Waals surface area contributed by atoms with Gasteiger partial charge in [0.1, 0.15) is 11.8 Å². The molecule has 0 aliphatic heterocycles. The molecule has 0 fully saturated rings. The third-order valence-electron chi connectivity index (χ3n) is 5.70. The number of aryl methyl sites for hydroxylation is 1. The van der Waals surface area contributed by atoms with E-state index in [9.17, 15) is 10.1 Å². The highest BCUT2D eigenvalue weighted by atomic mass is 16.5. The number of ether oxygens (including phenoxy) is 1. The van der Waals surface area contributed by atoms with Crippen molar-refractivity contribution in [3.05, 3.63) is 109 Å². The summed E-state index contributed by atoms with van der Waals surface area (Å²) in [5.74, 6) is 0.880. The molecule has 0 aliphatic rings. The lowest BCUT2D eigenvalue weighted by atomic mass is 9.97. The van der Waals surface area contributed by atoms with E-state index >= 15 is 0 Å². The Bertz CT molecular complexity index is 1630. The number of nitrogens with zero attached hydrogens (tertiary/aromatic N) is 4. The first-order valence-corrected chi connectivity index (χ1v) is 11.2. The number of nitriles is 1. The average Bonchev–Trinajstić information content (AvgIpc) is 3.24. The third kappa shape index (κ3) is 4.31. The van der Waals surface area contributed by atoms with Crippen LogP contribution in [0, 0.1) is 18.3 Å². The van der Waals surface area contributed by atoms with Crippen molar-refractivity contribution < 1.29 is 9.53 Å². The molecule has 7 heteroatoms. The van der Waals surface area contributed by atoms with E-state index in [4.69, 9.17) is 4.74 Å². The zero-order valence-electron chi connectivity index (χ0n) is 19.5. The lowest BCUT2D eigenvalue weighted by molar-refractivity contribution is -0.111. The summed E-state index contributed by atoms with van der Waals surface area (Å²) in [4.78, 5) is 20.3. The van der Waals surface area contributed by atoms with Gasteiger partial charge in [-0.1, -0.05) is 36.9 Å². The second-order valence-corrected chi connectivity index (χ2v) is 8.06. The van der Waals surface area contributed by atoms with Gasteiger partial charge in [-0.3, -0.25) is 9.20 Å². The monoisotopic (exact) mass is 471 g/mol. The number of rotatable bonds is 6. The molecule has 0 bridgehead atoms. The first-order valence-electron chi connectivity index (χ1n) is 11.2. The number of fused-ring (bicyclic) bond motifs is 1. The van der Waals surface area contributed by atoms with Crippen molar-refractivity contribution in [2.24, 2.45) is 0 Å². The van der Waals surface area contributed by atoms with Crippen molar-refractivity contribution in [3.63, 3.8) is 0 Å².